The lowest BCUT2D eigenvalue weighted by Gasteiger charge is -2.34. The van der Waals surface area contributed by atoms with Crippen molar-refractivity contribution in [3.63, 3.8) is 0 Å². The maximum absolute atomic E-state index is 13.9. The summed E-state index contributed by atoms with van der Waals surface area (Å²) in [6.07, 6.45) is 2.76. The van der Waals surface area contributed by atoms with Crippen molar-refractivity contribution in [1.29, 1.82) is 0 Å². The van der Waals surface area contributed by atoms with E-state index < -0.39 is 0 Å². The van der Waals surface area contributed by atoms with E-state index in [4.69, 9.17) is 14.2 Å². The SMILES string of the molecule is CN=C(NCCc1cc(F)cc2c1OCOC2)N1CCC(Oc2ccccc2)CC1.I. The number of fused-ring (bicyclic) bond motifs is 1. The number of rotatable bonds is 5. The number of benzene rings is 2. The molecule has 0 spiro atoms. The van der Waals surface area contributed by atoms with Crippen LogP contribution in [0, 0.1) is 5.82 Å². The van der Waals surface area contributed by atoms with Crippen molar-refractivity contribution in [3.05, 3.63) is 59.4 Å². The van der Waals surface area contributed by atoms with Crippen LogP contribution in [0.25, 0.3) is 0 Å². The minimum Gasteiger partial charge on any atom is -0.490 e. The molecule has 2 aliphatic rings. The standard InChI is InChI=1S/C23H28FN3O3.HI/c1-25-23(27-11-8-21(9-12-27)30-20-5-3-2-4-6-20)26-10-7-17-13-19(24)14-18-15-28-16-29-22(17)18;/h2-6,13-14,21H,7-12,15-16H2,1H3,(H,25,26);1H. The zero-order valence-electron chi connectivity index (χ0n) is 17.7. The molecule has 0 aromatic heterocycles. The van der Waals surface area contributed by atoms with Gasteiger partial charge < -0.3 is 24.4 Å². The maximum Gasteiger partial charge on any atom is 0.193 e. The van der Waals surface area contributed by atoms with E-state index in [9.17, 15) is 4.39 Å². The van der Waals surface area contributed by atoms with E-state index in [1.807, 2.05) is 30.3 Å². The number of guanidine groups is 1. The number of hydrogen-bond donors (Lipinski definition) is 1. The first-order valence-electron chi connectivity index (χ1n) is 10.4. The number of likely N-dealkylation sites (tertiary alicyclic amines) is 1. The molecule has 2 aromatic rings. The van der Waals surface area contributed by atoms with Gasteiger partial charge in [-0.2, -0.15) is 0 Å². The third-order valence-corrected chi connectivity index (χ3v) is 5.43. The zero-order valence-corrected chi connectivity index (χ0v) is 20.0. The molecule has 1 N–H and O–H groups in total. The highest BCUT2D eigenvalue weighted by Crippen LogP contribution is 2.29. The van der Waals surface area contributed by atoms with Crippen LogP contribution >= 0.6 is 24.0 Å². The minimum atomic E-state index is -0.261. The lowest BCUT2D eigenvalue weighted by atomic mass is 10.1. The van der Waals surface area contributed by atoms with Gasteiger partial charge in [-0.25, -0.2) is 4.39 Å². The molecule has 6 nitrogen and oxygen atoms in total. The molecule has 0 radical (unpaired) electrons. The fraction of sp³-hybridized carbons (Fsp3) is 0.435. The second kappa shape index (κ2) is 11.5. The van der Waals surface area contributed by atoms with Crippen molar-refractivity contribution >= 4 is 29.9 Å². The number of ether oxygens (including phenoxy) is 3. The Hall–Kier alpha value is -2.07. The molecule has 0 bridgehead atoms. The second-order valence-corrected chi connectivity index (χ2v) is 7.51. The predicted molar refractivity (Wildman–Crippen MR) is 129 cm³/mol. The molecule has 0 unspecified atom stereocenters. The summed E-state index contributed by atoms with van der Waals surface area (Å²) in [6.45, 7) is 3.00. The first-order valence-corrected chi connectivity index (χ1v) is 10.4. The van der Waals surface area contributed by atoms with Gasteiger partial charge in [-0.3, -0.25) is 4.99 Å². The Balaban J connectivity index is 0.00000272. The molecule has 2 aromatic carbocycles. The van der Waals surface area contributed by atoms with Crippen LogP contribution < -0.4 is 14.8 Å². The summed E-state index contributed by atoms with van der Waals surface area (Å²) >= 11 is 0. The highest BCUT2D eigenvalue weighted by atomic mass is 127. The number of nitrogens with zero attached hydrogens (tertiary/aromatic N) is 2. The molecule has 1 saturated heterocycles. The molecule has 0 atom stereocenters. The highest BCUT2D eigenvalue weighted by molar-refractivity contribution is 14.0. The number of piperidine rings is 1. The smallest absolute Gasteiger partial charge is 0.193 e. The molecule has 1 fully saturated rings. The van der Waals surface area contributed by atoms with Gasteiger partial charge in [0, 0.05) is 45.1 Å². The fourth-order valence-electron chi connectivity index (χ4n) is 3.96. The Labute approximate surface area is 199 Å². The third kappa shape index (κ3) is 6.22. The normalized spacial score (nSPS) is 16.7. The fourth-order valence-corrected chi connectivity index (χ4v) is 3.96. The van der Waals surface area contributed by atoms with Crippen molar-refractivity contribution in [2.75, 3.05) is 33.5 Å². The Morgan fingerprint density at radius 3 is 2.74 bits per heavy atom. The molecular formula is C23H29FIN3O3. The lowest BCUT2D eigenvalue weighted by molar-refractivity contribution is -0.0172. The number of aliphatic imine (C=N–C) groups is 1. The minimum absolute atomic E-state index is 0. The van der Waals surface area contributed by atoms with Gasteiger partial charge in [0.25, 0.3) is 0 Å². The number of nitrogens with one attached hydrogen (secondary N) is 1. The molecule has 4 rings (SSSR count). The van der Waals surface area contributed by atoms with Crippen molar-refractivity contribution in [2.45, 2.75) is 32.0 Å². The number of para-hydroxylation sites is 1. The van der Waals surface area contributed by atoms with Crippen molar-refractivity contribution in [2.24, 2.45) is 4.99 Å². The molecule has 168 valence electrons. The summed E-state index contributed by atoms with van der Waals surface area (Å²) in [7, 11) is 1.79. The molecule has 31 heavy (non-hydrogen) atoms. The van der Waals surface area contributed by atoms with Gasteiger partial charge in [0.05, 0.1) is 6.61 Å². The summed E-state index contributed by atoms with van der Waals surface area (Å²) in [4.78, 5) is 6.67. The van der Waals surface area contributed by atoms with Crippen LogP contribution in [0.15, 0.2) is 47.5 Å². The van der Waals surface area contributed by atoms with Gasteiger partial charge in [0.1, 0.15) is 23.4 Å². The van der Waals surface area contributed by atoms with Crippen molar-refractivity contribution < 1.29 is 18.6 Å². The quantitative estimate of drug-likeness (QED) is 0.353. The van der Waals surface area contributed by atoms with E-state index in [1.54, 1.807) is 13.1 Å². The summed E-state index contributed by atoms with van der Waals surface area (Å²) in [6, 6.07) is 13.0. The Bertz CT molecular complexity index is 874. The van der Waals surface area contributed by atoms with E-state index in [2.05, 4.69) is 15.2 Å². The molecule has 0 amide bonds. The van der Waals surface area contributed by atoms with Crippen LogP contribution in [0.5, 0.6) is 11.5 Å². The molecular weight excluding hydrogens is 512 g/mol. The number of halogens is 2. The average molecular weight is 541 g/mol. The van der Waals surface area contributed by atoms with Crippen LogP contribution in [0.1, 0.15) is 24.0 Å². The van der Waals surface area contributed by atoms with Gasteiger partial charge in [0.2, 0.25) is 0 Å². The Morgan fingerprint density at radius 2 is 2.00 bits per heavy atom. The summed E-state index contributed by atoms with van der Waals surface area (Å²) in [5.41, 5.74) is 1.62. The van der Waals surface area contributed by atoms with Crippen LogP contribution in [0.4, 0.5) is 4.39 Å². The van der Waals surface area contributed by atoms with E-state index in [1.165, 1.54) is 6.07 Å². The van der Waals surface area contributed by atoms with E-state index in [0.29, 0.717) is 19.6 Å². The van der Waals surface area contributed by atoms with Crippen LogP contribution in [-0.2, 0) is 17.8 Å². The summed E-state index contributed by atoms with van der Waals surface area (Å²) in [5, 5.41) is 3.40. The van der Waals surface area contributed by atoms with Crippen molar-refractivity contribution in [3.8, 4) is 11.5 Å². The Kier molecular flexibility index (Phi) is 8.77. The van der Waals surface area contributed by atoms with E-state index in [-0.39, 0.29) is 42.7 Å². The molecule has 2 heterocycles. The van der Waals surface area contributed by atoms with Crippen molar-refractivity contribution in [1.82, 2.24) is 10.2 Å². The predicted octanol–water partition coefficient (Wildman–Crippen LogP) is 3.97. The lowest BCUT2D eigenvalue weighted by Crippen LogP contribution is -2.47. The van der Waals surface area contributed by atoms with Crippen LogP contribution in [0.3, 0.4) is 0 Å². The largest absolute Gasteiger partial charge is 0.490 e. The molecule has 0 saturated carbocycles. The van der Waals surface area contributed by atoms with Crippen LogP contribution in [-0.4, -0.2) is 50.4 Å². The molecule has 0 aliphatic carbocycles. The van der Waals surface area contributed by atoms with Gasteiger partial charge in [-0.05, 0) is 36.2 Å². The summed E-state index contributed by atoms with van der Waals surface area (Å²) in [5.74, 6) is 2.27. The molecule has 8 heteroatoms. The van der Waals surface area contributed by atoms with E-state index in [0.717, 1.165) is 54.5 Å². The van der Waals surface area contributed by atoms with Crippen LogP contribution in [0.2, 0.25) is 0 Å². The Morgan fingerprint density at radius 1 is 1.23 bits per heavy atom. The van der Waals surface area contributed by atoms with Gasteiger partial charge in [0.15, 0.2) is 12.8 Å². The van der Waals surface area contributed by atoms with Gasteiger partial charge in [-0.1, -0.05) is 18.2 Å². The first-order chi connectivity index (χ1) is 14.7. The zero-order chi connectivity index (χ0) is 20.8. The van der Waals surface area contributed by atoms with Gasteiger partial charge in [-0.15, -0.1) is 24.0 Å². The van der Waals surface area contributed by atoms with E-state index >= 15 is 0 Å². The average Bonchev–Trinajstić information content (AvgIpc) is 2.78. The third-order valence-electron chi connectivity index (χ3n) is 5.43. The van der Waals surface area contributed by atoms with Gasteiger partial charge >= 0.3 is 0 Å². The highest BCUT2D eigenvalue weighted by Gasteiger charge is 2.23. The summed E-state index contributed by atoms with van der Waals surface area (Å²) < 4.78 is 30.8. The second-order valence-electron chi connectivity index (χ2n) is 7.51. The topological polar surface area (TPSA) is 55.3 Å². The monoisotopic (exact) mass is 541 g/mol. The number of hydrogen-bond acceptors (Lipinski definition) is 4. The maximum atomic E-state index is 13.9. The first kappa shape index (κ1) is 23.6. The molecule has 2 aliphatic heterocycles.